The number of hydrogen-bond acceptors (Lipinski definition) is 5. The smallest absolute Gasteiger partial charge is 0.320 e. The lowest BCUT2D eigenvalue weighted by Crippen LogP contribution is -2.16. The van der Waals surface area contributed by atoms with Crippen LogP contribution in [0.2, 0.25) is 0 Å². The van der Waals surface area contributed by atoms with E-state index in [4.69, 9.17) is 4.74 Å². The van der Waals surface area contributed by atoms with Gasteiger partial charge in [-0.25, -0.2) is 9.97 Å². The fourth-order valence-corrected chi connectivity index (χ4v) is 3.34. The maximum atomic E-state index is 13.6. The van der Waals surface area contributed by atoms with Crippen molar-refractivity contribution in [1.29, 1.82) is 0 Å². The molecule has 0 aliphatic rings. The second-order valence-corrected chi connectivity index (χ2v) is 6.77. The van der Waals surface area contributed by atoms with Crippen LogP contribution in [0, 0.1) is 0 Å². The van der Waals surface area contributed by atoms with Crippen molar-refractivity contribution in [3.05, 3.63) is 70.5 Å². The number of esters is 1. The molecule has 0 spiro atoms. The number of benzene rings is 2. The van der Waals surface area contributed by atoms with E-state index in [1.54, 1.807) is 42.5 Å². The lowest BCUT2D eigenvalue weighted by Gasteiger charge is -2.15. The molecule has 30 heavy (non-hydrogen) atoms. The zero-order valence-electron chi connectivity index (χ0n) is 16.0. The maximum Gasteiger partial charge on any atom is 0.320 e. The summed E-state index contributed by atoms with van der Waals surface area (Å²) in [5, 5.41) is 0.461. The number of aryl methyl sites for hydroxylation is 1. The summed E-state index contributed by atoms with van der Waals surface area (Å²) in [5.41, 5.74) is 0.906. The molecule has 0 aliphatic heterocycles. The molecule has 2 heterocycles. The largest absolute Gasteiger partial charge is 0.454 e. The Balaban J connectivity index is 1.48. The number of alkyl halides is 2. The number of aromatic nitrogens is 4. The molecule has 2 aromatic heterocycles. The number of nitrogens with zero attached hydrogens (tertiary/aromatic N) is 3. The summed E-state index contributed by atoms with van der Waals surface area (Å²) in [6.45, 7) is -1.32. The third-order valence-electron chi connectivity index (χ3n) is 4.72. The molecule has 1 N–H and O–H groups in total. The Morgan fingerprint density at radius 2 is 1.80 bits per heavy atom. The first-order chi connectivity index (χ1) is 14.4. The van der Waals surface area contributed by atoms with Gasteiger partial charge in [0.1, 0.15) is 5.82 Å². The molecule has 2 aromatic carbocycles. The Hall–Kier alpha value is -3.62. The zero-order chi connectivity index (χ0) is 21.3. The Kier molecular flexibility index (Phi) is 5.26. The van der Waals surface area contributed by atoms with E-state index in [-0.39, 0.29) is 29.7 Å². The van der Waals surface area contributed by atoms with Crippen molar-refractivity contribution in [2.24, 2.45) is 0 Å². The van der Waals surface area contributed by atoms with Crippen LogP contribution < -0.4 is 5.56 Å². The van der Waals surface area contributed by atoms with Crippen molar-refractivity contribution in [2.75, 3.05) is 0 Å². The number of fused-ring (bicyclic) bond motifs is 2. The lowest BCUT2D eigenvalue weighted by molar-refractivity contribution is -0.149. The van der Waals surface area contributed by atoms with Crippen LogP contribution in [-0.4, -0.2) is 25.5 Å². The average Bonchev–Trinajstić information content (AvgIpc) is 3.12. The molecule has 1 unspecified atom stereocenters. The molecular formula is C21H18F2N4O3. The van der Waals surface area contributed by atoms with Gasteiger partial charge in [0.15, 0.2) is 11.9 Å². The number of ether oxygens (including phenoxy) is 1. The van der Waals surface area contributed by atoms with Crippen LogP contribution in [0.5, 0.6) is 0 Å². The van der Waals surface area contributed by atoms with Gasteiger partial charge in [0, 0.05) is 6.42 Å². The lowest BCUT2D eigenvalue weighted by atomic mass is 10.2. The predicted molar refractivity (Wildman–Crippen MR) is 106 cm³/mol. The van der Waals surface area contributed by atoms with Gasteiger partial charge in [0.05, 0.1) is 28.4 Å². The molecular weight excluding hydrogens is 394 g/mol. The molecule has 4 aromatic rings. The van der Waals surface area contributed by atoms with Gasteiger partial charge in [-0.3, -0.25) is 14.2 Å². The van der Waals surface area contributed by atoms with Crippen molar-refractivity contribution in [1.82, 2.24) is 19.5 Å². The highest BCUT2D eigenvalue weighted by atomic mass is 19.3. The summed E-state index contributed by atoms with van der Waals surface area (Å²) in [7, 11) is 0. The van der Waals surface area contributed by atoms with E-state index in [2.05, 4.69) is 15.0 Å². The highest BCUT2D eigenvalue weighted by molar-refractivity contribution is 5.77. The van der Waals surface area contributed by atoms with E-state index >= 15 is 0 Å². The number of para-hydroxylation sites is 3. The number of hydrogen-bond donors (Lipinski definition) is 1. The highest BCUT2D eigenvalue weighted by Gasteiger charge is 2.24. The minimum Gasteiger partial charge on any atom is -0.454 e. The van der Waals surface area contributed by atoms with Crippen LogP contribution in [-0.2, 0) is 16.0 Å². The van der Waals surface area contributed by atoms with Crippen molar-refractivity contribution < 1.29 is 18.3 Å². The van der Waals surface area contributed by atoms with Crippen LogP contribution in [0.3, 0.4) is 0 Å². The molecule has 0 bridgehead atoms. The second kappa shape index (κ2) is 8.02. The summed E-state index contributed by atoms with van der Waals surface area (Å²) >= 11 is 0. The molecule has 7 nitrogen and oxygen atoms in total. The molecule has 0 saturated carbocycles. The zero-order valence-corrected chi connectivity index (χ0v) is 16.0. The van der Waals surface area contributed by atoms with E-state index in [0.717, 1.165) is 4.57 Å². The van der Waals surface area contributed by atoms with Crippen molar-refractivity contribution in [2.45, 2.75) is 32.4 Å². The van der Waals surface area contributed by atoms with Crippen LogP contribution in [0.25, 0.3) is 21.9 Å². The van der Waals surface area contributed by atoms with Crippen molar-refractivity contribution >= 4 is 27.9 Å². The van der Waals surface area contributed by atoms with Crippen LogP contribution in [0.1, 0.15) is 37.6 Å². The Bertz CT molecular complexity index is 1280. The first-order valence-corrected chi connectivity index (χ1v) is 9.36. The fourth-order valence-electron chi connectivity index (χ4n) is 3.34. The molecule has 0 radical (unpaired) electrons. The van der Waals surface area contributed by atoms with Gasteiger partial charge in [-0.15, -0.1) is 0 Å². The monoisotopic (exact) mass is 412 g/mol. The summed E-state index contributed by atoms with van der Waals surface area (Å²) in [6.07, 6.45) is -0.889. The second-order valence-electron chi connectivity index (χ2n) is 6.77. The molecule has 0 amide bonds. The first kappa shape index (κ1) is 19.7. The van der Waals surface area contributed by atoms with Gasteiger partial charge in [-0.05, 0) is 31.2 Å². The van der Waals surface area contributed by atoms with Gasteiger partial charge < -0.3 is 9.72 Å². The van der Waals surface area contributed by atoms with Crippen LogP contribution in [0.15, 0.2) is 53.3 Å². The van der Waals surface area contributed by atoms with E-state index in [0.29, 0.717) is 22.2 Å². The number of imidazole rings is 1. The number of aromatic amines is 1. The Morgan fingerprint density at radius 1 is 1.10 bits per heavy atom. The average molecular weight is 412 g/mol. The third kappa shape index (κ3) is 3.78. The molecule has 1 atom stereocenters. The predicted octanol–water partition coefficient (Wildman–Crippen LogP) is 3.90. The molecule has 4 rings (SSSR count). The summed E-state index contributed by atoms with van der Waals surface area (Å²) in [5.74, 6) is -0.286. The summed E-state index contributed by atoms with van der Waals surface area (Å²) in [6, 6.07) is 13.4. The quantitative estimate of drug-likeness (QED) is 0.485. The number of carbonyl (C=O) groups excluding carboxylic acids is 1. The van der Waals surface area contributed by atoms with Gasteiger partial charge >= 0.3 is 12.5 Å². The first-order valence-electron chi connectivity index (χ1n) is 9.36. The Morgan fingerprint density at radius 3 is 2.57 bits per heavy atom. The number of nitrogens with one attached hydrogen (secondary N) is 1. The molecule has 0 saturated heterocycles. The summed E-state index contributed by atoms with van der Waals surface area (Å²) in [4.78, 5) is 35.5. The van der Waals surface area contributed by atoms with Gasteiger partial charge in [-0.1, -0.05) is 24.3 Å². The number of carbonyl (C=O) groups is 1. The fraction of sp³-hybridized carbons (Fsp3) is 0.238. The van der Waals surface area contributed by atoms with E-state index < -0.39 is 18.6 Å². The van der Waals surface area contributed by atoms with Crippen LogP contribution >= 0.6 is 0 Å². The highest BCUT2D eigenvalue weighted by Crippen LogP contribution is 2.28. The number of halogens is 2. The third-order valence-corrected chi connectivity index (χ3v) is 4.72. The van der Waals surface area contributed by atoms with E-state index in [9.17, 15) is 18.4 Å². The molecule has 154 valence electrons. The normalized spacial score (nSPS) is 12.5. The topological polar surface area (TPSA) is 89.9 Å². The van der Waals surface area contributed by atoms with Gasteiger partial charge in [-0.2, -0.15) is 8.78 Å². The molecule has 9 heteroatoms. The summed E-state index contributed by atoms with van der Waals surface area (Å²) < 4.78 is 33.2. The maximum absolute atomic E-state index is 13.6. The van der Waals surface area contributed by atoms with E-state index in [1.807, 2.05) is 0 Å². The molecule has 0 fully saturated rings. The number of rotatable bonds is 6. The standard InChI is InChI=1S/C21H18F2N4O3/c1-12(19-25-15-8-4-5-9-16(15)27(19)21(22)23)30-18(28)11-10-17-24-14-7-3-2-6-13(14)20(29)26-17/h2-9,12,21H,10-11H2,1H3,(H,24,26,29). The van der Waals surface area contributed by atoms with Gasteiger partial charge in [0.2, 0.25) is 0 Å². The minimum atomic E-state index is -2.82. The van der Waals surface area contributed by atoms with E-state index in [1.165, 1.54) is 13.0 Å². The SMILES string of the molecule is CC(OC(=O)CCc1nc2ccccc2c(=O)[nH]1)c1nc2ccccc2n1C(F)F. The van der Waals surface area contributed by atoms with Crippen molar-refractivity contribution in [3.63, 3.8) is 0 Å². The number of H-pyrrole nitrogens is 1. The molecule has 0 aliphatic carbocycles. The minimum absolute atomic E-state index is 0.0308. The Labute approximate surface area is 169 Å². The van der Waals surface area contributed by atoms with Crippen molar-refractivity contribution in [3.8, 4) is 0 Å². The van der Waals surface area contributed by atoms with Gasteiger partial charge in [0.25, 0.3) is 5.56 Å². The van der Waals surface area contributed by atoms with Crippen LogP contribution in [0.4, 0.5) is 8.78 Å².